The zero-order valence-electron chi connectivity index (χ0n) is 15.8. The smallest absolute Gasteiger partial charge is 0.388 e. The number of halogens is 3. The third kappa shape index (κ3) is 4.36. The second-order valence-corrected chi connectivity index (χ2v) is 7.47. The number of hydrogen-bond donors (Lipinski definition) is 2. The summed E-state index contributed by atoms with van der Waals surface area (Å²) in [5, 5.41) is 13.9. The maximum absolute atomic E-state index is 13.4. The highest BCUT2D eigenvalue weighted by Crippen LogP contribution is 2.38. The Labute approximate surface area is 168 Å². The molecule has 0 saturated heterocycles. The Bertz CT molecular complexity index is 985. The summed E-state index contributed by atoms with van der Waals surface area (Å²) in [7, 11) is 0. The first-order chi connectivity index (χ1) is 13.9. The van der Waals surface area contributed by atoms with Crippen LogP contribution in [0.25, 0.3) is 11.1 Å². The van der Waals surface area contributed by atoms with Crippen molar-refractivity contribution in [2.75, 3.05) is 0 Å². The minimum Gasteiger partial charge on any atom is -0.388 e. The number of fused-ring (bicyclic) bond motifs is 1. The maximum atomic E-state index is 13.4. The maximum Gasteiger partial charge on any atom is 0.417 e. The van der Waals surface area contributed by atoms with Crippen molar-refractivity contribution in [3.63, 3.8) is 0 Å². The predicted molar refractivity (Wildman–Crippen MR) is 107 cm³/mol. The highest BCUT2D eigenvalue weighted by Gasteiger charge is 2.33. The van der Waals surface area contributed by atoms with Crippen LogP contribution in [-0.4, -0.2) is 11.1 Å². The normalized spacial score (nSPS) is 17.6. The summed E-state index contributed by atoms with van der Waals surface area (Å²) in [6.07, 6.45) is -3.76. The van der Waals surface area contributed by atoms with Gasteiger partial charge >= 0.3 is 6.18 Å². The molecule has 0 aromatic heterocycles. The Kier molecular flexibility index (Phi) is 5.43. The van der Waals surface area contributed by atoms with Crippen molar-refractivity contribution < 1.29 is 18.3 Å². The molecule has 0 aliphatic carbocycles. The van der Waals surface area contributed by atoms with Crippen LogP contribution in [0.4, 0.5) is 13.2 Å². The molecule has 1 aliphatic heterocycles. The van der Waals surface area contributed by atoms with Crippen LogP contribution in [0.2, 0.25) is 0 Å². The van der Waals surface area contributed by atoms with Gasteiger partial charge in [-0.2, -0.15) is 13.2 Å². The van der Waals surface area contributed by atoms with Crippen molar-refractivity contribution in [1.82, 2.24) is 5.32 Å². The summed E-state index contributed by atoms with van der Waals surface area (Å²) in [6, 6.07) is 20.7. The summed E-state index contributed by atoms with van der Waals surface area (Å²) in [6.45, 7) is 0.642. The number of alkyl halides is 3. The fourth-order valence-corrected chi connectivity index (χ4v) is 3.98. The molecule has 29 heavy (non-hydrogen) atoms. The third-order valence-corrected chi connectivity index (χ3v) is 5.49. The quantitative estimate of drug-likeness (QED) is 0.608. The van der Waals surface area contributed by atoms with Gasteiger partial charge in [0.2, 0.25) is 0 Å². The van der Waals surface area contributed by atoms with E-state index in [0.29, 0.717) is 24.9 Å². The summed E-state index contributed by atoms with van der Waals surface area (Å²) in [5.41, 5.74) is 3.13. The van der Waals surface area contributed by atoms with E-state index in [1.165, 1.54) is 12.1 Å². The van der Waals surface area contributed by atoms with Gasteiger partial charge in [-0.05, 0) is 46.7 Å². The van der Waals surface area contributed by atoms with Gasteiger partial charge in [0, 0.05) is 12.6 Å². The Morgan fingerprint density at radius 1 is 0.931 bits per heavy atom. The van der Waals surface area contributed by atoms with Gasteiger partial charge in [0.1, 0.15) is 0 Å². The summed E-state index contributed by atoms with van der Waals surface area (Å²) < 4.78 is 40.2. The van der Waals surface area contributed by atoms with Gasteiger partial charge in [0.05, 0.1) is 11.7 Å². The van der Waals surface area contributed by atoms with Gasteiger partial charge in [0.25, 0.3) is 0 Å². The van der Waals surface area contributed by atoms with Crippen LogP contribution in [0.15, 0.2) is 72.8 Å². The monoisotopic (exact) mass is 397 g/mol. The van der Waals surface area contributed by atoms with E-state index >= 15 is 0 Å². The minimum absolute atomic E-state index is 0.0609. The Morgan fingerprint density at radius 3 is 2.41 bits per heavy atom. The van der Waals surface area contributed by atoms with Crippen LogP contribution < -0.4 is 5.32 Å². The molecule has 2 nitrogen and oxygen atoms in total. The summed E-state index contributed by atoms with van der Waals surface area (Å²) in [5.74, 6) is 0. The SMILES string of the molecule is OC(CC1Cc2cc(-c3ccccc3C(F)(F)F)ccc2CN1)c1ccccc1. The van der Waals surface area contributed by atoms with Crippen LogP contribution in [0.1, 0.15) is 34.8 Å². The topological polar surface area (TPSA) is 32.3 Å². The molecule has 3 aromatic rings. The molecule has 0 spiro atoms. The average molecular weight is 397 g/mol. The van der Waals surface area contributed by atoms with Gasteiger partial charge in [-0.15, -0.1) is 0 Å². The molecule has 3 aromatic carbocycles. The van der Waals surface area contributed by atoms with E-state index in [2.05, 4.69) is 5.32 Å². The van der Waals surface area contributed by atoms with Gasteiger partial charge in [-0.25, -0.2) is 0 Å². The molecule has 2 N–H and O–H groups in total. The van der Waals surface area contributed by atoms with Crippen LogP contribution in [0, 0.1) is 0 Å². The Morgan fingerprint density at radius 2 is 1.66 bits per heavy atom. The standard InChI is InChI=1S/C24H22F3NO/c25-24(26,27)22-9-5-4-8-21(22)17-10-11-18-15-28-20(13-19(18)12-17)14-23(29)16-6-2-1-3-7-16/h1-12,20,23,28-29H,13-15H2. The summed E-state index contributed by atoms with van der Waals surface area (Å²) >= 11 is 0. The fourth-order valence-electron chi connectivity index (χ4n) is 3.98. The summed E-state index contributed by atoms with van der Waals surface area (Å²) in [4.78, 5) is 0. The van der Waals surface area contributed by atoms with E-state index in [1.54, 1.807) is 12.1 Å². The molecule has 0 saturated carbocycles. The lowest BCUT2D eigenvalue weighted by Crippen LogP contribution is -2.36. The average Bonchev–Trinajstić information content (AvgIpc) is 2.73. The molecule has 0 fully saturated rings. The molecule has 150 valence electrons. The second kappa shape index (κ2) is 8.01. The number of benzene rings is 3. The largest absolute Gasteiger partial charge is 0.417 e. The van der Waals surface area contributed by atoms with Crippen molar-refractivity contribution in [2.24, 2.45) is 0 Å². The van der Waals surface area contributed by atoms with Crippen molar-refractivity contribution in [2.45, 2.75) is 37.7 Å². The van der Waals surface area contributed by atoms with Crippen LogP contribution in [0.5, 0.6) is 0 Å². The van der Waals surface area contributed by atoms with Crippen molar-refractivity contribution in [1.29, 1.82) is 0 Å². The number of aliphatic hydroxyl groups excluding tert-OH is 1. The van der Waals surface area contributed by atoms with E-state index in [9.17, 15) is 18.3 Å². The first-order valence-corrected chi connectivity index (χ1v) is 9.66. The molecular formula is C24H22F3NO. The zero-order valence-corrected chi connectivity index (χ0v) is 15.8. The van der Waals surface area contributed by atoms with Gasteiger partial charge in [0.15, 0.2) is 0 Å². The van der Waals surface area contributed by atoms with Crippen molar-refractivity contribution >= 4 is 0 Å². The number of hydrogen-bond acceptors (Lipinski definition) is 2. The van der Waals surface area contributed by atoms with Gasteiger partial charge in [-0.1, -0.05) is 66.7 Å². The molecule has 0 bridgehead atoms. The van der Waals surface area contributed by atoms with Gasteiger partial charge in [-0.3, -0.25) is 0 Å². The molecule has 2 unspecified atom stereocenters. The predicted octanol–water partition coefficient (Wildman–Crippen LogP) is 5.51. The number of nitrogens with one attached hydrogen (secondary N) is 1. The first-order valence-electron chi connectivity index (χ1n) is 9.66. The lowest BCUT2D eigenvalue weighted by atomic mass is 9.88. The molecular weight excluding hydrogens is 375 g/mol. The van der Waals surface area contributed by atoms with E-state index in [4.69, 9.17) is 0 Å². The molecule has 0 radical (unpaired) electrons. The minimum atomic E-state index is -4.39. The number of aliphatic hydroxyl groups is 1. The second-order valence-electron chi connectivity index (χ2n) is 7.47. The zero-order chi connectivity index (χ0) is 20.4. The lowest BCUT2D eigenvalue weighted by molar-refractivity contribution is -0.137. The molecule has 5 heteroatoms. The molecule has 0 amide bonds. The fraction of sp³-hybridized carbons (Fsp3) is 0.250. The lowest BCUT2D eigenvalue weighted by Gasteiger charge is -2.28. The molecule has 2 atom stereocenters. The Balaban J connectivity index is 1.57. The van der Waals surface area contributed by atoms with E-state index in [-0.39, 0.29) is 11.6 Å². The highest BCUT2D eigenvalue weighted by molar-refractivity contribution is 5.69. The molecule has 1 heterocycles. The number of rotatable bonds is 4. The highest BCUT2D eigenvalue weighted by atomic mass is 19.4. The van der Waals surface area contributed by atoms with Crippen LogP contribution in [0.3, 0.4) is 0 Å². The van der Waals surface area contributed by atoms with Crippen LogP contribution in [-0.2, 0) is 19.1 Å². The van der Waals surface area contributed by atoms with E-state index in [1.807, 2.05) is 42.5 Å². The van der Waals surface area contributed by atoms with Crippen LogP contribution >= 0.6 is 0 Å². The third-order valence-electron chi connectivity index (χ3n) is 5.49. The van der Waals surface area contributed by atoms with E-state index < -0.39 is 17.8 Å². The Hall–Kier alpha value is -2.63. The van der Waals surface area contributed by atoms with Gasteiger partial charge < -0.3 is 10.4 Å². The first kappa shape index (κ1) is 19.7. The van der Waals surface area contributed by atoms with Crippen molar-refractivity contribution in [3.05, 3.63) is 95.1 Å². The van der Waals surface area contributed by atoms with Crippen molar-refractivity contribution in [3.8, 4) is 11.1 Å². The molecule has 4 rings (SSSR count). The van der Waals surface area contributed by atoms with E-state index in [0.717, 1.165) is 22.8 Å². The molecule has 1 aliphatic rings.